The van der Waals surface area contributed by atoms with Crippen LogP contribution >= 0.6 is 0 Å². The van der Waals surface area contributed by atoms with Crippen molar-refractivity contribution >= 4 is 5.91 Å². The molecule has 0 N–H and O–H groups in total. The summed E-state index contributed by atoms with van der Waals surface area (Å²) in [4.78, 5) is 11.1. The Labute approximate surface area is 318 Å². The van der Waals surface area contributed by atoms with Gasteiger partial charge in [0.25, 0.3) is 0 Å². The molecule has 0 heterocycles. The van der Waals surface area contributed by atoms with Crippen LogP contribution in [0, 0.1) is 0 Å². The molecule has 0 saturated heterocycles. The lowest BCUT2D eigenvalue weighted by Crippen LogP contribution is -3.00. The molecule has 0 aromatic heterocycles. The van der Waals surface area contributed by atoms with Crippen molar-refractivity contribution in [3.8, 4) is 0 Å². The van der Waals surface area contributed by atoms with Crippen LogP contribution in [0.5, 0.6) is 0 Å². The average molecular weight is 1130 g/mol. The minimum atomic E-state index is -10.3. The van der Waals surface area contributed by atoms with Crippen molar-refractivity contribution in [3.05, 3.63) is 0 Å². The third-order valence-electron chi connectivity index (χ3n) is 6.92. The van der Waals surface area contributed by atoms with E-state index < -0.39 is 118 Å². The lowest BCUT2D eigenvalue weighted by atomic mass is 9.85. The number of hydrogen-bond acceptors (Lipinski definition) is 1. The molecule has 0 aliphatic heterocycles. The van der Waals surface area contributed by atoms with Gasteiger partial charge in [-0.2, -0.15) is 119 Å². The SMILES string of the molecule is O=C(N(F)C(F)(F)C(F)(F)C(F)(F)[N+](C(F)(F)F)(C(F)(F)F)C(F)(F)F)C(F)(F)C(F)(F)C(F)(F)C(F)(F)C(F)(F)C(F)(F)C(F)(F)C(F)(F)C(F)(F)C(F)(F)C(F)(F)F.[I-]. The summed E-state index contributed by atoms with van der Waals surface area (Å²) < 4.78 is 512. The second-order valence-electron chi connectivity index (χ2n) is 10.6. The maximum absolute atomic E-state index is 13.9. The standard InChI is InChI=1S/C18F39N2O.HI/c19-2(20,1(60)58(57)14(44,45)12(39,40)15(46,47)59(16(48,49)50,17(51,52)53)18(54,55)56)3(21,22)4(23,24)5(25,26)6(27,28)7(29,30)8(31,32)9(33,34)10(35,36)11(37,38)13(41,42)43;/h;1H/q+1;/p-1. The molecule has 61 heavy (non-hydrogen) atoms. The number of carbonyl (C=O) groups excluding carboxylic acids is 1. The van der Waals surface area contributed by atoms with E-state index in [0.29, 0.717) is 0 Å². The van der Waals surface area contributed by atoms with Crippen LogP contribution in [0.2, 0.25) is 0 Å². The number of nitrogens with zero attached hydrogens (tertiary/aromatic N) is 2. The van der Waals surface area contributed by atoms with E-state index in [1.807, 2.05) is 0 Å². The fourth-order valence-electron chi connectivity index (χ4n) is 3.56. The Morgan fingerprint density at radius 2 is 0.508 bits per heavy atom. The van der Waals surface area contributed by atoms with Gasteiger partial charge in [0.05, 0.1) is 0 Å². The van der Waals surface area contributed by atoms with Gasteiger partial charge in [0.1, 0.15) is 0 Å². The zero-order valence-electron chi connectivity index (χ0n) is 25.4. The highest BCUT2D eigenvalue weighted by atomic mass is 127. The van der Waals surface area contributed by atoms with Crippen LogP contribution in [0.3, 0.4) is 0 Å². The van der Waals surface area contributed by atoms with Gasteiger partial charge in [0.15, 0.2) is 0 Å². The molecule has 0 rings (SSSR count). The van der Waals surface area contributed by atoms with Crippen LogP contribution < -0.4 is 24.0 Å². The Morgan fingerprint density at radius 1 is 0.311 bits per heavy atom. The van der Waals surface area contributed by atoms with E-state index in [-0.39, 0.29) is 24.0 Å². The first-order chi connectivity index (χ1) is 25.1. The van der Waals surface area contributed by atoms with Gasteiger partial charge in [-0.1, -0.05) is 9.60 Å². The second kappa shape index (κ2) is 14.7. The summed E-state index contributed by atoms with van der Waals surface area (Å²) in [6.45, 7) is 0. The molecule has 0 aromatic rings. The van der Waals surface area contributed by atoms with Gasteiger partial charge in [0.2, 0.25) is 0 Å². The van der Waals surface area contributed by atoms with Crippen molar-refractivity contribution in [2.24, 2.45) is 0 Å². The molecule has 0 aromatic carbocycles. The molecule has 1 amide bonds. The predicted molar refractivity (Wildman–Crippen MR) is 96.7 cm³/mol. The molecule has 43 heteroatoms. The predicted octanol–water partition coefficient (Wildman–Crippen LogP) is 8.82. The molecule has 3 nitrogen and oxygen atoms in total. The minimum absolute atomic E-state index is 0. The van der Waals surface area contributed by atoms with Gasteiger partial charge >= 0.3 is 108 Å². The van der Waals surface area contributed by atoms with Crippen molar-refractivity contribution < 1.29 is 205 Å². The van der Waals surface area contributed by atoms with Gasteiger partial charge in [-0.05, 0) is 0 Å². The highest BCUT2D eigenvalue weighted by molar-refractivity contribution is 5.84. The number of quaternary nitrogens is 1. The molecule has 0 atom stereocenters. The summed E-state index contributed by atoms with van der Waals surface area (Å²) in [6.07, 6.45) is -36.5. The Kier molecular flexibility index (Phi) is 14.6. The number of alkyl halides is 38. The fraction of sp³-hybridized carbons (Fsp3) is 0.944. The fourth-order valence-corrected chi connectivity index (χ4v) is 3.56. The van der Waals surface area contributed by atoms with Crippen LogP contribution in [0.4, 0.5) is 171 Å². The molecular weight excluding hydrogens is 1130 g/mol. The van der Waals surface area contributed by atoms with Crippen molar-refractivity contribution in [1.29, 1.82) is 0 Å². The minimum Gasteiger partial charge on any atom is -1.00 e. The van der Waals surface area contributed by atoms with Crippen LogP contribution in [0.15, 0.2) is 0 Å². The zero-order valence-corrected chi connectivity index (χ0v) is 27.6. The molecule has 0 radical (unpaired) electrons. The maximum atomic E-state index is 13.9. The molecule has 0 fully saturated rings. The van der Waals surface area contributed by atoms with Crippen LogP contribution in [-0.2, 0) is 4.79 Å². The summed E-state index contributed by atoms with van der Waals surface area (Å²) in [5.41, 5.74) is 0. The maximum Gasteiger partial charge on any atom is 0.581 e. The third kappa shape index (κ3) is 7.12. The zero-order chi connectivity index (χ0) is 50.2. The highest BCUT2D eigenvalue weighted by Gasteiger charge is 3.03. The van der Waals surface area contributed by atoms with Gasteiger partial charge in [0, 0.05) is 4.48 Å². The van der Waals surface area contributed by atoms with E-state index in [2.05, 4.69) is 0 Å². The average Bonchev–Trinajstić information content (AvgIpc) is 2.96. The second-order valence-corrected chi connectivity index (χ2v) is 10.6. The molecular formula is C18F39IN2O. The van der Waals surface area contributed by atoms with Crippen molar-refractivity contribution in [2.45, 2.75) is 102 Å². The number of amides is 1. The summed E-state index contributed by atoms with van der Waals surface area (Å²) >= 11 is 0. The molecule has 0 spiro atoms. The Hall–Kier alpha value is -2.57. The van der Waals surface area contributed by atoms with E-state index in [0.717, 1.165) is 0 Å². The molecule has 0 unspecified atom stereocenters. The van der Waals surface area contributed by atoms with Crippen molar-refractivity contribution in [2.75, 3.05) is 0 Å². The number of halogens is 40. The first-order valence-corrected chi connectivity index (χ1v) is 12.1. The van der Waals surface area contributed by atoms with Gasteiger partial charge < -0.3 is 24.0 Å². The van der Waals surface area contributed by atoms with Crippen LogP contribution in [-0.4, -0.2) is 118 Å². The first-order valence-electron chi connectivity index (χ1n) is 12.1. The van der Waals surface area contributed by atoms with E-state index in [1.54, 1.807) is 0 Å². The summed E-state index contributed by atoms with van der Waals surface area (Å²) in [5, 5.41) is -5.61. The van der Waals surface area contributed by atoms with Crippen molar-refractivity contribution in [1.82, 2.24) is 5.12 Å². The smallest absolute Gasteiger partial charge is 0.581 e. The van der Waals surface area contributed by atoms with Crippen LogP contribution in [0.25, 0.3) is 0 Å². The molecule has 0 bridgehead atoms. The Morgan fingerprint density at radius 3 is 0.705 bits per heavy atom. The van der Waals surface area contributed by atoms with Gasteiger partial charge in [-0.25, -0.2) is 0 Å². The van der Waals surface area contributed by atoms with Gasteiger partial charge in [-0.3, -0.25) is 4.79 Å². The van der Waals surface area contributed by atoms with Gasteiger partial charge in [-0.15, -0.1) is 48.3 Å². The van der Waals surface area contributed by atoms with Crippen LogP contribution in [0.1, 0.15) is 0 Å². The number of rotatable bonds is 14. The number of hydrogen-bond donors (Lipinski definition) is 0. The van der Waals surface area contributed by atoms with E-state index in [4.69, 9.17) is 0 Å². The first kappa shape index (κ1) is 60.5. The van der Waals surface area contributed by atoms with E-state index in [1.165, 1.54) is 0 Å². The Balaban J connectivity index is 0. The molecule has 0 aliphatic rings. The third-order valence-corrected chi connectivity index (χ3v) is 6.92. The van der Waals surface area contributed by atoms with E-state index >= 15 is 0 Å². The van der Waals surface area contributed by atoms with Crippen molar-refractivity contribution in [3.63, 3.8) is 0 Å². The quantitative estimate of drug-likeness (QED) is 0.0561. The lowest BCUT2D eigenvalue weighted by molar-refractivity contribution is -1.22. The summed E-state index contributed by atoms with van der Waals surface area (Å²) in [5.74, 6) is -116. The molecule has 0 saturated carbocycles. The largest absolute Gasteiger partial charge is 1.00 e. The monoisotopic (exact) mass is 1130 g/mol. The highest BCUT2D eigenvalue weighted by Crippen LogP contribution is 2.68. The summed E-state index contributed by atoms with van der Waals surface area (Å²) in [7, 11) is 0. The normalized spacial score (nSPS) is 16.7. The van der Waals surface area contributed by atoms with E-state index in [9.17, 15) is 176 Å². The Bertz CT molecular complexity index is 1550. The molecule has 0 aliphatic carbocycles. The lowest BCUT2D eigenvalue weighted by Gasteiger charge is -2.46. The summed E-state index contributed by atoms with van der Waals surface area (Å²) in [6, 6.07) is -19.8. The number of carbonyl (C=O) groups is 1. The molecule has 368 valence electrons. The topological polar surface area (TPSA) is 20.3 Å².